The van der Waals surface area contributed by atoms with Crippen LogP contribution in [-0.2, 0) is 9.84 Å². The number of benzene rings is 2. The van der Waals surface area contributed by atoms with Crippen LogP contribution < -0.4 is 4.90 Å². The van der Waals surface area contributed by atoms with Crippen molar-refractivity contribution in [3.8, 4) is 11.3 Å². The van der Waals surface area contributed by atoms with Crippen LogP contribution in [0.5, 0.6) is 0 Å². The van der Waals surface area contributed by atoms with Gasteiger partial charge in [-0.3, -0.25) is 0 Å². The molecule has 0 amide bonds. The Morgan fingerprint density at radius 3 is 2.06 bits per heavy atom. The van der Waals surface area contributed by atoms with E-state index < -0.39 is 26.7 Å². The summed E-state index contributed by atoms with van der Waals surface area (Å²) in [5.41, 5.74) is 4.56. The summed E-state index contributed by atoms with van der Waals surface area (Å²) < 4.78 is 54.1. The number of nitrogens with zero attached hydrogens (tertiary/aromatic N) is 2. The minimum Gasteiger partial charge on any atom is -0.348 e. The summed E-state index contributed by atoms with van der Waals surface area (Å²) in [6.45, 7) is 8.81. The van der Waals surface area contributed by atoms with Crippen molar-refractivity contribution in [3.63, 3.8) is 0 Å². The normalized spacial score (nSPS) is 15.4. The Morgan fingerprint density at radius 2 is 1.50 bits per heavy atom. The third kappa shape index (κ3) is 4.18. The Balaban J connectivity index is 1.52. The number of hydrogen-bond acceptors (Lipinski definition) is 5. The van der Waals surface area contributed by atoms with Gasteiger partial charge in [0.2, 0.25) is 0 Å². The van der Waals surface area contributed by atoms with E-state index >= 15 is 0 Å². The van der Waals surface area contributed by atoms with Crippen LogP contribution in [0.1, 0.15) is 35.1 Å². The molecule has 4 rings (SSSR count). The van der Waals surface area contributed by atoms with Gasteiger partial charge in [0.05, 0.1) is 15.8 Å². The minimum absolute atomic E-state index is 0.392. The average Bonchev–Trinajstić information content (AvgIpc) is 3.22. The number of halogens is 2. The Morgan fingerprint density at radius 1 is 0.938 bits per heavy atom. The van der Waals surface area contributed by atoms with E-state index in [2.05, 4.69) is 9.88 Å². The first kappa shape index (κ1) is 22.9. The predicted molar refractivity (Wildman–Crippen MR) is 125 cm³/mol. The molecule has 1 aliphatic rings. The highest BCUT2D eigenvalue weighted by Crippen LogP contribution is 2.35. The van der Waals surface area contributed by atoms with E-state index in [1.54, 1.807) is 5.38 Å². The molecule has 1 aliphatic heterocycles. The lowest BCUT2D eigenvalue weighted by Crippen LogP contribution is -2.39. The Labute approximate surface area is 191 Å². The van der Waals surface area contributed by atoms with Gasteiger partial charge in [0.25, 0.3) is 0 Å². The summed E-state index contributed by atoms with van der Waals surface area (Å²) in [5, 5.41) is 2.07. The SMILES string of the molecule is Cc1cc(C)c(C)c(S(=O)(=O)C2CCN(c3nc(-c4cc(F)cc(F)c4)cs3)CC2)c1C. The van der Waals surface area contributed by atoms with Gasteiger partial charge < -0.3 is 4.90 Å². The van der Waals surface area contributed by atoms with E-state index in [9.17, 15) is 17.2 Å². The number of anilines is 1. The molecule has 0 unspecified atom stereocenters. The number of aryl methyl sites for hydroxylation is 2. The Bertz CT molecular complexity index is 1230. The zero-order chi connectivity index (χ0) is 23.2. The molecule has 2 aromatic carbocycles. The maximum absolute atomic E-state index is 13.5. The first-order chi connectivity index (χ1) is 15.1. The molecule has 1 fully saturated rings. The number of hydrogen-bond donors (Lipinski definition) is 0. The van der Waals surface area contributed by atoms with Crippen molar-refractivity contribution in [2.45, 2.75) is 50.7 Å². The molecule has 0 N–H and O–H groups in total. The molecule has 32 heavy (non-hydrogen) atoms. The molecule has 0 radical (unpaired) electrons. The zero-order valence-corrected chi connectivity index (χ0v) is 20.2. The molecule has 2 heterocycles. The summed E-state index contributed by atoms with van der Waals surface area (Å²) in [6.07, 6.45) is 1.02. The molecule has 0 aliphatic carbocycles. The van der Waals surface area contributed by atoms with Crippen LogP contribution in [0.2, 0.25) is 0 Å². The minimum atomic E-state index is -3.45. The quantitative estimate of drug-likeness (QED) is 0.480. The molecular weight excluding hydrogens is 450 g/mol. The van der Waals surface area contributed by atoms with Crippen LogP contribution in [0.25, 0.3) is 11.3 Å². The maximum Gasteiger partial charge on any atom is 0.185 e. The van der Waals surface area contributed by atoms with Crippen molar-refractivity contribution in [2.75, 3.05) is 18.0 Å². The van der Waals surface area contributed by atoms with Crippen LogP contribution in [-0.4, -0.2) is 31.7 Å². The van der Waals surface area contributed by atoms with E-state index in [1.165, 1.54) is 23.5 Å². The molecule has 0 saturated carbocycles. The van der Waals surface area contributed by atoms with Crippen LogP contribution in [0.4, 0.5) is 13.9 Å². The second-order valence-electron chi connectivity index (χ2n) is 8.49. The van der Waals surface area contributed by atoms with E-state index in [4.69, 9.17) is 0 Å². The van der Waals surface area contributed by atoms with Crippen molar-refractivity contribution in [1.82, 2.24) is 4.98 Å². The zero-order valence-electron chi connectivity index (χ0n) is 18.6. The third-order valence-corrected chi connectivity index (χ3v) is 9.82. The topological polar surface area (TPSA) is 50.3 Å². The highest BCUT2D eigenvalue weighted by atomic mass is 32.2. The first-order valence-corrected chi connectivity index (χ1v) is 13.0. The highest BCUT2D eigenvalue weighted by Gasteiger charge is 2.34. The summed E-state index contributed by atoms with van der Waals surface area (Å²) in [4.78, 5) is 7.08. The molecule has 8 heteroatoms. The van der Waals surface area contributed by atoms with Gasteiger partial charge >= 0.3 is 0 Å². The van der Waals surface area contributed by atoms with Crippen LogP contribution >= 0.6 is 11.3 Å². The summed E-state index contributed by atoms with van der Waals surface area (Å²) >= 11 is 1.40. The van der Waals surface area contributed by atoms with Crippen molar-refractivity contribution < 1.29 is 17.2 Å². The summed E-state index contributed by atoms with van der Waals surface area (Å²) in [7, 11) is -3.45. The Hall–Kier alpha value is -2.32. The van der Waals surface area contributed by atoms with E-state index in [0.29, 0.717) is 42.1 Å². The van der Waals surface area contributed by atoms with Gasteiger partial charge in [-0.1, -0.05) is 6.07 Å². The van der Waals surface area contributed by atoms with Crippen molar-refractivity contribution in [2.24, 2.45) is 0 Å². The summed E-state index contributed by atoms with van der Waals surface area (Å²) in [5.74, 6) is -1.28. The van der Waals surface area contributed by atoms with Gasteiger partial charge in [-0.05, 0) is 74.9 Å². The fourth-order valence-corrected chi connectivity index (χ4v) is 7.60. The second-order valence-corrected chi connectivity index (χ2v) is 11.5. The van der Waals surface area contributed by atoms with E-state index in [-0.39, 0.29) is 0 Å². The monoisotopic (exact) mass is 476 g/mol. The Kier molecular flexibility index (Phi) is 6.11. The standard InChI is InChI=1S/C24H26F2N2O2S2/c1-14-9-15(2)17(4)23(16(14)3)32(29,30)21-5-7-28(8-6-21)24-27-22(13-31-24)18-10-19(25)12-20(26)11-18/h9-13,21H,5-8H2,1-4H3. The second kappa shape index (κ2) is 8.56. The third-order valence-electron chi connectivity index (χ3n) is 6.38. The molecule has 0 spiro atoms. The largest absolute Gasteiger partial charge is 0.348 e. The van der Waals surface area contributed by atoms with Crippen molar-refractivity contribution >= 4 is 26.3 Å². The molecule has 0 bridgehead atoms. The van der Waals surface area contributed by atoms with Gasteiger partial charge in [-0.2, -0.15) is 0 Å². The molecule has 1 saturated heterocycles. The molecule has 4 nitrogen and oxygen atoms in total. The predicted octanol–water partition coefficient (Wildman–Crippen LogP) is 5.76. The van der Waals surface area contributed by atoms with E-state index in [0.717, 1.165) is 33.5 Å². The van der Waals surface area contributed by atoms with Crippen LogP contribution in [0.15, 0.2) is 34.5 Å². The van der Waals surface area contributed by atoms with Crippen molar-refractivity contribution in [1.29, 1.82) is 0 Å². The number of thiazole rings is 1. The fraction of sp³-hybridized carbons (Fsp3) is 0.375. The molecule has 170 valence electrons. The summed E-state index contributed by atoms with van der Waals surface area (Å²) in [6, 6.07) is 5.39. The fourth-order valence-electron chi connectivity index (χ4n) is 4.38. The molecule has 1 aromatic heterocycles. The number of rotatable bonds is 4. The molecular formula is C24H26F2N2O2S2. The lowest BCUT2D eigenvalue weighted by Gasteiger charge is -2.32. The molecule has 3 aromatic rings. The number of sulfone groups is 1. The van der Waals surface area contributed by atoms with Gasteiger partial charge in [0.15, 0.2) is 15.0 Å². The average molecular weight is 477 g/mol. The van der Waals surface area contributed by atoms with Crippen LogP contribution in [0.3, 0.4) is 0 Å². The van der Waals surface area contributed by atoms with Gasteiger partial charge in [0.1, 0.15) is 11.6 Å². The number of aromatic nitrogens is 1. The van der Waals surface area contributed by atoms with Gasteiger partial charge in [0, 0.05) is 30.1 Å². The van der Waals surface area contributed by atoms with E-state index in [1.807, 2.05) is 33.8 Å². The highest BCUT2D eigenvalue weighted by molar-refractivity contribution is 7.92. The lowest BCUT2D eigenvalue weighted by atomic mass is 10.0. The van der Waals surface area contributed by atoms with Crippen molar-refractivity contribution in [3.05, 3.63) is 63.5 Å². The number of piperidine rings is 1. The lowest BCUT2D eigenvalue weighted by molar-refractivity contribution is 0.528. The maximum atomic E-state index is 13.5. The van der Waals surface area contributed by atoms with Gasteiger partial charge in [-0.15, -0.1) is 11.3 Å². The van der Waals surface area contributed by atoms with Gasteiger partial charge in [-0.25, -0.2) is 22.2 Å². The first-order valence-electron chi connectivity index (χ1n) is 10.6. The smallest absolute Gasteiger partial charge is 0.185 e. The molecule has 0 atom stereocenters. The van der Waals surface area contributed by atoms with Crippen LogP contribution in [0, 0.1) is 39.3 Å².